The molecule has 2 rings (SSSR count). The third kappa shape index (κ3) is 3.62. The Balaban J connectivity index is 2.01. The fraction of sp³-hybridized carbons (Fsp3) is 0.533. The van der Waals surface area contributed by atoms with Crippen molar-refractivity contribution in [2.75, 3.05) is 25.6 Å². The van der Waals surface area contributed by atoms with E-state index >= 15 is 0 Å². The number of likely N-dealkylation sites (N-methyl/N-ethyl adjacent to an activating group) is 1. The second kappa shape index (κ2) is 5.50. The van der Waals surface area contributed by atoms with Crippen LogP contribution in [0.1, 0.15) is 19.8 Å². The van der Waals surface area contributed by atoms with E-state index in [2.05, 4.69) is 16.3 Å². The lowest BCUT2D eigenvalue weighted by Crippen LogP contribution is -2.50. The van der Waals surface area contributed by atoms with Crippen LogP contribution >= 0.6 is 0 Å². The molecule has 19 heavy (non-hydrogen) atoms. The molecule has 1 aromatic carbocycles. The Labute approximate surface area is 115 Å². The van der Waals surface area contributed by atoms with Crippen molar-refractivity contribution in [2.24, 2.45) is 0 Å². The zero-order valence-electron chi connectivity index (χ0n) is 11.8. The van der Waals surface area contributed by atoms with Gasteiger partial charge in [0.25, 0.3) is 0 Å². The first-order valence-corrected chi connectivity index (χ1v) is 6.60. The van der Waals surface area contributed by atoms with Crippen LogP contribution in [-0.4, -0.2) is 32.3 Å². The summed E-state index contributed by atoms with van der Waals surface area (Å²) in [6.07, 6.45) is 2.37. The van der Waals surface area contributed by atoms with Crippen LogP contribution in [0.4, 0.5) is 5.69 Å². The van der Waals surface area contributed by atoms with Gasteiger partial charge < -0.3 is 9.64 Å². The third-order valence-corrected chi connectivity index (χ3v) is 3.41. The maximum atomic E-state index is 9.38. The van der Waals surface area contributed by atoms with Crippen LogP contribution < -0.4 is 15.0 Å². The van der Waals surface area contributed by atoms with E-state index < -0.39 is 5.54 Å². The molecule has 1 aromatic rings. The van der Waals surface area contributed by atoms with Crippen molar-refractivity contribution in [3.8, 4) is 11.8 Å². The Morgan fingerprint density at radius 2 is 2.05 bits per heavy atom. The first-order chi connectivity index (χ1) is 9.06. The molecule has 1 unspecified atom stereocenters. The maximum Gasteiger partial charge on any atom is 0.121 e. The number of anilines is 1. The second-order valence-electron chi connectivity index (χ2n) is 5.42. The van der Waals surface area contributed by atoms with Crippen molar-refractivity contribution in [1.29, 1.82) is 5.26 Å². The number of ether oxygens (including phenoxy) is 1. The molecular weight excluding hydrogens is 238 g/mol. The highest BCUT2D eigenvalue weighted by Crippen LogP contribution is 2.24. The zero-order valence-corrected chi connectivity index (χ0v) is 11.8. The monoisotopic (exact) mass is 259 g/mol. The number of nitrogens with one attached hydrogen (secondary N) is 1. The Morgan fingerprint density at radius 3 is 2.53 bits per heavy atom. The molecule has 0 radical (unpaired) electrons. The minimum absolute atomic E-state index is 0.504. The summed E-state index contributed by atoms with van der Waals surface area (Å²) in [7, 11) is 3.66. The van der Waals surface area contributed by atoms with E-state index in [0.717, 1.165) is 11.4 Å². The first-order valence-electron chi connectivity index (χ1n) is 6.60. The summed E-state index contributed by atoms with van der Waals surface area (Å²) in [5.74, 6) is 0.844. The van der Waals surface area contributed by atoms with Crippen LogP contribution in [0, 0.1) is 11.3 Å². The summed E-state index contributed by atoms with van der Waals surface area (Å²) in [6.45, 7) is 2.62. The Bertz CT molecular complexity index is 461. The van der Waals surface area contributed by atoms with E-state index in [1.54, 1.807) is 7.11 Å². The highest BCUT2D eigenvalue weighted by molar-refractivity contribution is 5.49. The van der Waals surface area contributed by atoms with E-state index in [1.165, 1.54) is 12.8 Å². The van der Waals surface area contributed by atoms with Crippen molar-refractivity contribution >= 4 is 5.69 Å². The average Bonchev–Trinajstić information content (AvgIpc) is 3.22. The standard InChI is InChI=1S/C15H21N3O/c1-15(10-16,17-12-4-5-12)11-18(2)13-6-8-14(19-3)9-7-13/h6-9,12,17H,4-5,11H2,1-3H3. The number of methoxy groups -OCH3 is 1. The normalized spacial score (nSPS) is 17.4. The number of hydrogen-bond donors (Lipinski definition) is 1. The third-order valence-electron chi connectivity index (χ3n) is 3.41. The lowest BCUT2D eigenvalue weighted by Gasteiger charge is -2.30. The fourth-order valence-electron chi connectivity index (χ4n) is 2.19. The van der Waals surface area contributed by atoms with E-state index in [9.17, 15) is 5.26 Å². The molecule has 0 bridgehead atoms. The number of nitrogens with zero attached hydrogens (tertiary/aromatic N) is 2. The second-order valence-corrected chi connectivity index (χ2v) is 5.42. The predicted molar refractivity (Wildman–Crippen MR) is 76.4 cm³/mol. The van der Waals surface area contributed by atoms with Gasteiger partial charge in [-0.15, -0.1) is 0 Å². The minimum atomic E-state index is -0.504. The molecule has 1 aliphatic carbocycles. The van der Waals surface area contributed by atoms with Gasteiger partial charge in [-0.3, -0.25) is 5.32 Å². The zero-order chi connectivity index (χ0) is 13.9. The number of benzene rings is 1. The predicted octanol–water partition coefficient (Wildman–Crippen LogP) is 2.17. The van der Waals surface area contributed by atoms with Crippen molar-refractivity contribution in [2.45, 2.75) is 31.3 Å². The van der Waals surface area contributed by atoms with Gasteiger partial charge in [-0.05, 0) is 44.0 Å². The molecule has 1 fully saturated rings. The molecule has 4 nitrogen and oxygen atoms in total. The summed E-state index contributed by atoms with van der Waals surface area (Å²) in [6, 6.07) is 10.8. The van der Waals surface area contributed by atoms with E-state index in [4.69, 9.17) is 4.74 Å². The van der Waals surface area contributed by atoms with E-state index in [-0.39, 0.29) is 0 Å². The van der Waals surface area contributed by atoms with Gasteiger partial charge in [0.1, 0.15) is 11.3 Å². The van der Waals surface area contributed by atoms with E-state index in [1.807, 2.05) is 38.2 Å². The highest BCUT2D eigenvalue weighted by atomic mass is 16.5. The smallest absolute Gasteiger partial charge is 0.121 e. The molecule has 0 aromatic heterocycles. The number of nitriles is 1. The summed E-state index contributed by atoms with van der Waals surface area (Å²) < 4.78 is 5.15. The van der Waals surface area contributed by atoms with Gasteiger partial charge in [-0.25, -0.2) is 0 Å². The summed E-state index contributed by atoms with van der Waals surface area (Å²) in [5.41, 5.74) is 0.579. The number of hydrogen-bond acceptors (Lipinski definition) is 4. The fourth-order valence-corrected chi connectivity index (χ4v) is 2.19. The van der Waals surface area contributed by atoms with Crippen molar-refractivity contribution < 1.29 is 4.74 Å². The van der Waals surface area contributed by atoms with Crippen LogP contribution in [0.15, 0.2) is 24.3 Å². The van der Waals surface area contributed by atoms with Gasteiger partial charge in [0.05, 0.1) is 13.2 Å². The molecule has 102 valence electrons. The first kappa shape index (κ1) is 13.7. The van der Waals surface area contributed by atoms with Gasteiger partial charge in [-0.2, -0.15) is 5.26 Å². The molecule has 0 saturated heterocycles. The van der Waals surface area contributed by atoms with Gasteiger partial charge >= 0.3 is 0 Å². The minimum Gasteiger partial charge on any atom is -0.497 e. The lowest BCUT2D eigenvalue weighted by atomic mass is 10.0. The molecule has 0 heterocycles. The van der Waals surface area contributed by atoms with Crippen molar-refractivity contribution in [3.05, 3.63) is 24.3 Å². The largest absolute Gasteiger partial charge is 0.497 e. The lowest BCUT2D eigenvalue weighted by molar-refractivity contribution is 0.414. The Kier molecular flexibility index (Phi) is 3.96. The van der Waals surface area contributed by atoms with Crippen LogP contribution in [0.2, 0.25) is 0 Å². The van der Waals surface area contributed by atoms with Crippen LogP contribution in [0.5, 0.6) is 5.75 Å². The summed E-state index contributed by atoms with van der Waals surface area (Å²) in [4.78, 5) is 2.10. The van der Waals surface area contributed by atoms with Gasteiger partial charge in [-0.1, -0.05) is 0 Å². The van der Waals surface area contributed by atoms with E-state index in [0.29, 0.717) is 12.6 Å². The molecule has 0 aliphatic heterocycles. The Hall–Kier alpha value is -1.73. The number of rotatable bonds is 6. The molecule has 1 aliphatic rings. The quantitative estimate of drug-likeness (QED) is 0.850. The van der Waals surface area contributed by atoms with Crippen molar-refractivity contribution in [1.82, 2.24) is 5.32 Å². The molecule has 4 heteroatoms. The molecule has 1 N–H and O–H groups in total. The molecular formula is C15H21N3O. The van der Waals surface area contributed by atoms with Crippen LogP contribution in [0.3, 0.4) is 0 Å². The van der Waals surface area contributed by atoms with Gasteiger partial charge in [0, 0.05) is 25.3 Å². The highest BCUT2D eigenvalue weighted by Gasteiger charge is 2.33. The van der Waals surface area contributed by atoms with Crippen molar-refractivity contribution in [3.63, 3.8) is 0 Å². The van der Waals surface area contributed by atoms with Gasteiger partial charge in [0.2, 0.25) is 0 Å². The molecule has 1 saturated carbocycles. The van der Waals surface area contributed by atoms with Gasteiger partial charge in [0.15, 0.2) is 0 Å². The summed E-state index contributed by atoms with van der Waals surface area (Å²) >= 11 is 0. The van der Waals surface area contributed by atoms with Crippen LogP contribution in [-0.2, 0) is 0 Å². The average molecular weight is 259 g/mol. The molecule has 0 amide bonds. The molecule has 0 spiro atoms. The van der Waals surface area contributed by atoms with Crippen LogP contribution in [0.25, 0.3) is 0 Å². The summed E-state index contributed by atoms with van der Waals surface area (Å²) in [5, 5.41) is 12.8. The maximum absolute atomic E-state index is 9.38. The molecule has 1 atom stereocenters. The Morgan fingerprint density at radius 1 is 1.42 bits per heavy atom. The SMILES string of the molecule is COc1ccc(N(C)CC(C)(C#N)NC2CC2)cc1. The topological polar surface area (TPSA) is 48.3 Å².